The summed E-state index contributed by atoms with van der Waals surface area (Å²) in [6, 6.07) is 2.45. The Kier molecular flexibility index (Phi) is 3.68. The highest BCUT2D eigenvalue weighted by molar-refractivity contribution is 5.53. The third kappa shape index (κ3) is 2.53. The topological polar surface area (TPSA) is 84.4 Å². The lowest BCUT2D eigenvalue weighted by Crippen LogP contribution is -2.43. The van der Waals surface area contributed by atoms with Gasteiger partial charge in [0.1, 0.15) is 12.1 Å². The Balaban J connectivity index is 1.69. The summed E-state index contributed by atoms with van der Waals surface area (Å²) in [6.45, 7) is 5.41. The summed E-state index contributed by atoms with van der Waals surface area (Å²) in [5.74, 6) is 1.18. The standard InChI is InChI=1S/C13H21N7/c1-2-19-6-4-3-5-10(19)8-15-11-7-12-18-16-9-20(12)13(14)17-11/h7,9-10,15H,2-6,8H2,1H3,(H2,14,17). The second-order valence-corrected chi connectivity index (χ2v) is 5.22. The molecular formula is C13H21N7. The Morgan fingerprint density at radius 3 is 3.20 bits per heavy atom. The molecule has 3 heterocycles. The van der Waals surface area contributed by atoms with Crippen molar-refractivity contribution in [1.29, 1.82) is 0 Å². The highest BCUT2D eigenvalue weighted by atomic mass is 15.3. The van der Waals surface area contributed by atoms with Gasteiger partial charge in [-0.25, -0.2) is 0 Å². The first-order chi connectivity index (χ1) is 9.78. The van der Waals surface area contributed by atoms with Gasteiger partial charge in [0.05, 0.1) is 0 Å². The summed E-state index contributed by atoms with van der Waals surface area (Å²) < 4.78 is 1.67. The van der Waals surface area contributed by atoms with Crippen molar-refractivity contribution in [3.05, 3.63) is 12.4 Å². The minimum absolute atomic E-state index is 0.408. The van der Waals surface area contributed by atoms with Gasteiger partial charge < -0.3 is 11.1 Å². The molecule has 3 N–H and O–H groups in total. The van der Waals surface area contributed by atoms with Gasteiger partial charge >= 0.3 is 0 Å². The van der Waals surface area contributed by atoms with Crippen LogP contribution < -0.4 is 11.1 Å². The molecular weight excluding hydrogens is 254 g/mol. The van der Waals surface area contributed by atoms with E-state index in [2.05, 4.69) is 32.3 Å². The van der Waals surface area contributed by atoms with E-state index < -0.39 is 0 Å². The summed E-state index contributed by atoms with van der Waals surface area (Å²) in [4.78, 5) is 6.86. The maximum absolute atomic E-state index is 5.89. The molecule has 2 aromatic rings. The van der Waals surface area contributed by atoms with Crippen LogP contribution in [0.25, 0.3) is 5.65 Å². The molecule has 2 aromatic heterocycles. The van der Waals surface area contributed by atoms with Crippen LogP contribution in [-0.2, 0) is 0 Å². The molecule has 1 unspecified atom stereocenters. The molecule has 0 bridgehead atoms. The Hall–Kier alpha value is -1.89. The van der Waals surface area contributed by atoms with Gasteiger partial charge in [-0.1, -0.05) is 13.3 Å². The van der Waals surface area contributed by atoms with Crippen LogP contribution in [0.1, 0.15) is 26.2 Å². The predicted molar refractivity (Wildman–Crippen MR) is 78.6 cm³/mol. The molecule has 7 heteroatoms. The molecule has 1 saturated heterocycles. The van der Waals surface area contributed by atoms with Crippen LogP contribution in [-0.4, -0.2) is 50.2 Å². The largest absolute Gasteiger partial charge is 0.369 e. The molecule has 3 rings (SSSR count). The van der Waals surface area contributed by atoms with Crippen molar-refractivity contribution in [2.75, 3.05) is 30.7 Å². The first-order valence-corrected chi connectivity index (χ1v) is 7.22. The molecule has 0 spiro atoms. The number of piperidine rings is 1. The number of anilines is 2. The zero-order valence-electron chi connectivity index (χ0n) is 11.8. The first-order valence-electron chi connectivity index (χ1n) is 7.22. The van der Waals surface area contributed by atoms with E-state index >= 15 is 0 Å². The molecule has 1 aliphatic rings. The van der Waals surface area contributed by atoms with Gasteiger partial charge in [-0.05, 0) is 25.9 Å². The lowest BCUT2D eigenvalue weighted by atomic mass is 10.0. The van der Waals surface area contributed by atoms with Crippen molar-refractivity contribution >= 4 is 17.4 Å². The lowest BCUT2D eigenvalue weighted by Gasteiger charge is -2.35. The van der Waals surface area contributed by atoms with Crippen molar-refractivity contribution in [2.24, 2.45) is 0 Å². The van der Waals surface area contributed by atoms with E-state index in [0.29, 0.717) is 12.0 Å². The minimum atomic E-state index is 0.408. The number of nitrogens with one attached hydrogen (secondary N) is 1. The van der Waals surface area contributed by atoms with E-state index in [-0.39, 0.29) is 0 Å². The summed E-state index contributed by atoms with van der Waals surface area (Å²) in [5.41, 5.74) is 6.60. The van der Waals surface area contributed by atoms with Crippen LogP contribution >= 0.6 is 0 Å². The zero-order chi connectivity index (χ0) is 13.9. The Labute approximate surface area is 118 Å². The fourth-order valence-corrected chi connectivity index (χ4v) is 2.87. The number of hydrogen-bond acceptors (Lipinski definition) is 6. The van der Waals surface area contributed by atoms with Gasteiger partial charge in [0, 0.05) is 18.7 Å². The highest BCUT2D eigenvalue weighted by Gasteiger charge is 2.20. The summed E-state index contributed by atoms with van der Waals surface area (Å²) >= 11 is 0. The first kappa shape index (κ1) is 13.1. The van der Waals surface area contributed by atoms with Crippen molar-refractivity contribution < 1.29 is 0 Å². The fourth-order valence-electron chi connectivity index (χ4n) is 2.87. The number of rotatable bonds is 4. The zero-order valence-corrected chi connectivity index (χ0v) is 11.8. The lowest BCUT2D eigenvalue weighted by molar-refractivity contribution is 0.164. The molecule has 7 nitrogen and oxygen atoms in total. The molecule has 0 radical (unpaired) electrons. The van der Waals surface area contributed by atoms with E-state index in [4.69, 9.17) is 5.73 Å². The number of nitrogens with zero attached hydrogens (tertiary/aromatic N) is 5. The fraction of sp³-hybridized carbons (Fsp3) is 0.615. The normalized spacial score (nSPS) is 20.4. The average molecular weight is 275 g/mol. The van der Waals surface area contributed by atoms with E-state index in [1.165, 1.54) is 25.8 Å². The number of likely N-dealkylation sites (N-methyl/N-ethyl adjacent to an activating group) is 1. The third-order valence-electron chi connectivity index (χ3n) is 4.00. The average Bonchev–Trinajstić information content (AvgIpc) is 2.94. The summed E-state index contributed by atoms with van der Waals surface area (Å²) in [5, 5.41) is 11.2. The maximum atomic E-state index is 5.89. The van der Waals surface area contributed by atoms with Crippen molar-refractivity contribution in [2.45, 2.75) is 32.2 Å². The number of nitrogens with two attached hydrogens (primary N) is 1. The van der Waals surface area contributed by atoms with Crippen LogP contribution in [0.5, 0.6) is 0 Å². The smallest absolute Gasteiger partial charge is 0.209 e. The Morgan fingerprint density at radius 1 is 1.45 bits per heavy atom. The molecule has 1 fully saturated rings. The van der Waals surface area contributed by atoms with Gasteiger partial charge in [-0.15, -0.1) is 10.2 Å². The van der Waals surface area contributed by atoms with Gasteiger partial charge in [-0.3, -0.25) is 9.30 Å². The molecule has 0 aromatic carbocycles. The molecule has 1 aliphatic heterocycles. The number of likely N-dealkylation sites (tertiary alicyclic amines) is 1. The van der Waals surface area contributed by atoms with Gasteiger partial charge in [0.2, 0.25) is 5.95 Å². The number of fused-ring (bicyclic) bond motifs is 1. The Bertz CT molecular complexity index is 579. The quantitative estimate of drug-likeness (QED) is 0.865. The van der Waals surface area contributed by atoms with Crippen LogP contribution in [0.3, 0.4) is 0 Å². The second kappa shape index (κ2) is 5.62. The van der Waals surface area contributed by atoms with Gasteiger partial charge in [0.25, 0.3) is 0 Å². The van der Waals surface area contributed by atoms with Crippen LogP contribution in [0.2, 0.25) is 0 Å². The number of aromatic nitrogens is 4. The molecule has 0 aliphatic carbocycles. The highest BCUT2D eigenvalue weighted by Crippen LogP contribution is 2.18. The van der Waals surface area contributed by atoms with Crippen LogP contribution in [0.4, 0.5) is 11.8 Å². The number of nitrogen functional groups attached to an aromatic ring is 1. The van der Waals surface area contributed by atoms with Crippen LogP contribution in [0.15, 0.2) is 12.4 Å². The molecule has 1 atom stereocenters. The summed E-state index contributed by atoms with van der Waals surface area (Å²) in [6.07, 6.45) is 5.42. The summed E-state index contributed by atoms with van der Waals surface area (Å²) in [7, 11) is 0. The Morgan fingerprint density at radius 2 is 2.35 bits per heavy atom. The van der Waals surface area contributed by atoms with E-state index in [0.717, 1.165) is 24.6 Å². The van der Waals surface area contributed by atoms with E-state index in [1.807, 2.05) is 6.07 Å². The van der Waals surface area contributed by atoms with Crippen molar-refractivity contribution in [3.8, 4) is 0 Å². The molecule has 108 valence electrons. The third-order valence-corrected chi connectivity index (χ3v) is 4.00. The molecule has 0 amide bonds. The number of hydrogen-bond donors (Lipinski definition) is 2. The maximum Gasteiger partial charge on any atom is 0.209 e. The van der Waals surface area contributed by atoms with E-state index in [1.54, 1.807) is 10.7 Å². The van der Waals surface area contributed by atoms with Crippen LogP contribution in [0, 0.1) is 0 Å². The van der Waals surface area contributed by atoms with Gasteiger partial charge in [-0.2, -0.15) is 4.98 Å². The second-order valence-electron chi connectivity index (χ2n) is 5.22. The monoisotopic (exact) mass is 275 g/mol. The predicted octanol–water partition coefficient (Wildman–Crippen LogP) is 0.993. The molecule has 20 heavy (non-hydrogen) atoms. The minimum Gasteiger partial charge on any atom is -0.369 e. The SMILES string of the molecule is CCN1CCCCC1CNc1cc2nncn2c(N)n1. The van der Waals surface area contributed by atoms with Gasteiger partial charge in [0.15, 0.2) is 5.65 Å². The molecule has 0 saturated carbocycles. The van der Waals surface area contributed by atoms with Crippen molar-refractivity contribution in [3.63, 3.8) is 0 Å². The van der Waals surface area contributed by atoms with Crippen molar-refractivity contribution in [1.82, 2.24) is 24.5 Å². The van der Waals surface area contributed by atoms with E-state index in [9.17, 15) is 0 Å².